The van der Waals surface area contributed by atoms with Gasteiger partial charge in [-0.2, -0.15) is 0 Å². The van der Waals surface area contributed by atoms with Crippen molar-refractivity contribution in [1.82, 2.24) is 5.32 Å². The van der Waals surface area contributed by atoms with Crippen LogP contribution in [0, 0.1) is 18.8 Å². The number of anilines is 1. The van der Waals surface area contributed by atoms with Gasteiger partial charge in [0.05, 0.1) is 11.5 Å². The molecule has 0 bridgehead atoms. The van der Waals surface area contributed by atoms with Crippen LogP contribution in [0.5, 0.6) is 0 Å². The lowest BCUT2D eigenvalue weighted by atomic mass is 9.85. The number of aryl methyl sites for hydroxylation is 1. The number of carbonyl (C=O) groups excluding carboxylic acids is 2. The van der Waals surface area contributed by atoms with Gasteiger partial charge < -0.3 is 10.6 Å². The van der Waals surface area contributed by atoms with E-state index < -0.39 is 0 Å². The minimum atomic E-state index is -0.0603. The van der Waals surface area contributed by atoms with Gasteiger partial charge in [-0.05, 0) is 42.9 Å². The topological polar surface area (TPSA) is 58.2 Å². The Hall–Kier alpha value is -1.49. The van der Waals surface area contributed by atoms with Crippen LogP contribution in [0.1, 0.15) is 44.1 Å². The molecule has 0 spiro atoms. The normalized spacial score (nSPS) is 23.1. The van der Waals surface area contributed by atoms with E-state index in [0.29, 0.717) is 23.5 Å². The Morgan fingerprint density at radius 2 is 1.88 bits per heavy atom. The number of hydrogen-bond donors (Lipinski definition) is 2. The van der Waals surface area contributed by atoms with Crippen molar-refractivity contribution in [3.05, 3.63) is 29.8 Å². The molecule has 5 heteroatoms. The molecule has 136 valence electrons. The molecule has 1 aromatic rings. The number of rotatable bonds is 7. The molecule has 2 aliphatic rings. The second kappa shape index (κ2) is 8.75. The fourth-order valence-electron chi connectivity index (χ4n) is 3.87. The molecule has 25 heavy (non-hydrogen) atoms. The highest BCUT2D eigenvalue weighted by molar-refractivity contribution is 8.00. The maximum atomic E-state index is 12.0. The summed E-state index contributed by atoms with van der Waals surface area (Å²) in [6.45, 7) is 1.99. The Morgan fingerprint density at radius 1 is 1.12 bits per heavy atom. The summed E-state index contributed by atoms with van der Waals surface area (Å²) in [4.78, 5) is 24.0. The van der Waals surface area contributed by atoms with E-state index in [1.54, 1.807) is 0 Å². The first-order valence-corrected chi connectivity index (χ1v) is 10.5. The number of hydrogen-bond acceptors (Lipinski definition) is 3. The van der Waals surface area contributed by atoms with Crippen LogP contribution in [0.2, 0.25) is 0 Å². The minimum Gasteiger partial charge on any atom is -0.352 e. The third-order valence-corrected chi connectivity index (χ3v) is 6.14. The number of nitrogens with one attached hydrogen (secondary N) is 2. The molecule has 0 heterocycles. The Labute approximate surface area is 154 Å². The minimum absolute atomic E-state index is 0.0603. The molecule has 0 saturated heterocycles. The lowest BCUT2D eigenvalue weighted by Crippen LogP contribution is -2.30. The van der Waals surface area contributed by atoms with Crippen LogP contribution in [0.15, 0.2) is 24.3 Å². The molecule has 0 radical (unpaired) electrons. The summed E-state index contributed by atoms with van der Waals surface area (Å²) < 4.78 is 0. The van der Waals surface area contributed by atoms with Crippen molar-refractivity contribution in [1.29, 1.82) is 0 Å². The van der Waals surface area contributed by atoms with E-state index in [0.717, 1.165) is 23.6 Å². The Morgan fingerprint density at radius 3 is 2.64 bits per heavy atom. The summed E-state index contributed by atoms with van der Waals surface area (Å²) in [6.07, 6.45) is 7.91. The van der Waals surface area contributed by atoms with E-state index in [1.165, 1.54) is 43.9 Å². The zero-order valence-electron chi connectivity index (χ0n) is 14.9. The van der Waals surface area contributed by atoms with Crippen LogP contribution in [-0.4, -0.2) is 29.4 Å². The number of amides is 2. The fraction of sp³-hybridized carbons (Fsp3) is 0.600. The molecule has 0 aliphatic heterocycles. The number of benzene rings is 1. The monoisotopic (exact) mass is 360 g/mol. The average Bonchev–Trinajstić information content (AvgIpc) is 3.34. The van der Waals surface area contributed by atoms with Crippen molar-refractivity contribution < 1.29 is 9.59 Å². The third kappa shape index (κ3) is 5.77. The van der Waals surface area contributed by atoms with Crippen molar-refractivity contribution in [2.45, 2.75) is 51.5 Å². The summed E-state index contributed by atoms with van der Waals surface area (Å²) in [6, 6.07) is 8.11. The van der Waals surface area contributed by atoms with Gasteiger partial charge in [0.2, 0.25) is 11.8 Å². The van der Waals surface area contributed by atoms with Crippen molar-refractivity contribution >= 4 is 29.3 Å². The number of carbonyl (C=O) groups is 2. The van der Waals surface area contributed by atoms with E-state index in [-0.39, 0.29) is 11.8 Å². The molecule has 2 aliphatic carbocycles. The maximum absolute atomic E-state index is 12.0. The van der Waals surface area contributed by atoms with Gasteiger partial charge in [-0.25, -0.2) is 0 Å². The Kier molecular flexibility index (Phi) is 6.40. The van der Waals surface area contributed by atoms with Gasteiger partial charge in [-0.1, -0.05) is 44.2 Å². The van der Waals surface area contributed by atoms with E-state index in [2.05, 4.69) is 10.6 Å². The fourth-order valence-corrected chi connectivity index (χ4v) is 4.50. The van der Waals surface area contributed by atoms with E-state index in [1.807, 2.05) is 31.2 Å². The zero-order chi connectivity index (χ0) is 17.6. The van der Waals surface area contributed by atoms with Crippen molar-refractivity contribution in [3.63, 3.8) is 0 Å². The van der Waals surface area contributed by atoms with Crippen molar-refractivity contribution in [3.8, 4) is 0 Å². The summed E-state index contributed by atoms with van der Waals surface area (Å²) in [7, 11) is 0. The van der Waals surface area contributed by atoms with Crippen molar-refractivity contribution in [2.24, 2.45) is 11.8 Å². The molecule has 0 aromatic heterocycles. The molecule has 0 unspecified atom stereocenters. The summed E-state index contributed by atoms with van der Waals surface area (Å²) in [5.41, 5.74) is 1.92. The SMILES string of the molecule is Cc1cccc(NC(=O)CSCC(=O)N[C@@H]2C[C@H]2C2CCCCC2)c1. The van der Waals surface area contributed by atoms with E-state index in [9.17, 15) is 9.59 Å². The van der Waals surface area contributed by atoms with Crippen LogP contribution in [0.25, 0.3) is 0 Å². The van der Waals surface area contributed by atoms with Gasteiger partial charge >= 0.3 is 0 Å². The second-order valence-corrected chi connectivity index (χ2v) is 8.37. The predicted molar refractivity (Wildman–Crippen MR) is 104 cm³/mol. The van der Waals surface area contributed by atoms with Crippen molar-refractivity contribution in [2.75, 3.05) is 16.8 Å². The molecule has 2 atom stereocenters. The molecule has 3 rings (SSSR count). The molecular weight excluding hydrogens is 332 g/mol. The van der Waals surface area contributed by atoms with Gasteiger partial charge in [0.25, 0.3) is 0 Å². The quantitative estimate of drug-likeness (QED) is 0.778. The summed E-state index contributed by atoms with van der Waals surface area (Å²) >= 11 is 1.38. The standard InChI is InChI=1S/C20H28N2O2S/c1-14-6-5-9-16(10-14)21-19(23)12-25-13-20(24)22-18-11-17(18)15-7-3-2-4-8-15/h5-6,9-10,15,17-18H,2-4,7-8,11-13H2,1H3,(H,21,23)(H,22,24)/t17-,18+/m0/s1. The van der Waals surface area contributed by atoms with Gasteiger partial charge in [0.1, 0.15) is 0 Å². The molecular formula is C20H28N2O2S. The summed E-state index contributed by atoms with van der Waals surface area (Å²) in [5, 5.41) is 6.01. The lowest BCUT2D eigenvalue weighted by molar-refractivity contribution is -0.118. The Bertz CT molecular complexity index is 613. The van der Waals surface area contributed by atoms with E-state index in [4.69, 9.17) is 0 Å². The summed E-state index contributed by atoms with van der Waals surface area (Å²) in [5.74, 6) is 2.20. The highest BCUT2D eigenvalue weighted by Gasteiger charge is 2.43. The molecule has 2 amide bonds. The third-order valence-electron chi connectivity index (χ3n) is 5.21. The van der Waals surface area contributed by atoms with Crippen LogP contribution in [0.3, 0.4) is 0 Å². The zero-order valence-corrected chi connectivity index (χ0v) is 15.7. The Balaban J connectivity index is 1.30. The van der Waals surface area contributed by atoms with Crippen LogP contribution in [0.4, 0.5) is 5.69 Å². The van der Waals surface area contributed by atoms with Crippen LogP contribution in [-0.2, 0) is 9.59 Å². The second-order valence-electron chi connectivity index (χ2n) is 7.38. The first-order chi connectivity index (χ1) is 12.1. The largest absolute Gasteiger partial charge is 0.352 e. The van der Waals surface area contributed by atoms with Gasteiger partial charge in [0, 0.05) is 11.7 Å². The molecule has 4 nitrogen and oxygen atoms in total. The highest BCUT2D eigenvalue weighted by atomic mass is 32.2. The van der Waals surface area contributed by atoms with E-state index >= 15 is 0 Å². The molecule has 1 aromatic carbocycles. The van der Waals surface area contributed by atoms with Crippen LogP contribution >= 0.6 is 11.8 Å². The first kappa shape index (κ1) is 18.3. The smallest absolute Gasteiger partial charge is 0.234 e. The van der Waals surface area contributed by atoms with Crippen LogP contribution < -0.4 is 10.6 Å². The van der Waals surface area contributed by atoms with Gasteiger partial charge in [-0.15, -0.1) is 11.8 Å². The van der Waals surface area contributed by atoms with Gasteiger partial charge in [0.15, 0.2) is 0 Å². The van der Waals surface area contributed by atoms with Gasteiger partial charge in [-0.3, -0.25) is 9.59 Å². The maximum Gasteiger partial charge on any atom is 0.234 e. The molecule has 2 fully saturated rings. The molecule has 2 saturated carbocycles. The predicted octanol–water partition coefficient (Wildman–Crippen LogP) is 3.75. The first-order valence-electron chi connectivity index (χ1n) is 9.35. The highest BCUT2D eigenvalue weighted by Crippen LogP contribution is 2.44. The number of thioether (sulfide) groups is 1. The molecule has 2 N–H and O–H groups in total. The average molecular weight is 361 g/mol. The lowest BCUT2D eigenvalue weighted by Gasteiger charge is -2.21.